The van der Waals surface area contributed by atoms with Crippen molar-refractivity contribution in [2.45, 2.75) is 25.5 Å². The number of halogens is 1. The molecule has 0 radical (unpaired) electrons. The zero-order valence-corrected chi connectivity index (χ0v) is 14.1. The van der Waals surface area contributed by atoms with Gasteiger partial charge in [-0.05, 0) is 37.1 Å². The van der Waals surface area contributed by atoms with E-state index in [-0.39, 0.29) is 6.10 Å². The SMILES string of the molecule is Clc1ccccc1OCCn1c([C@H]2CCCO2)nc2ccccc21. The van der Waals surface area contributed by atoms with E-state index in [1.807, 2.05) is 42.5 Å². The molecular formula is C19H19ClN2O2. The summed E-state index contributed by atoms with van der Waals surface area (Å²) in [6.07, 6.45) is 2.19. The molecule has 2 aromatic carbocycles. The molecule has 3 aromatic rings. The minimum Gasteiger partial charge on any atom is -0.490 e. The number of ether oxygens (including phenoxy) is 2. The van der Waals surface area contributed by atoms with Crippen molar-refractivity contribution in [2.24, 2.45) is 0 Å². The number of fused-ring (bicyclic) bond motifs is 1. The van der Waals surface area contributed by atoms with Crippen LogP contribution in [-0.4, -0.2) is 22.8 Å². The fourth-order valence-electron chi connectivity index (χ4n) is 3.16. The Labute approximate surface area is 146 Å². The molecule has 4 rings (SSSR count). The Balaban J connectivity index is 1.58. The number of nitrogens with zero attached hydrogens (tertiary/aromatic N) is 2. The van der Waals surface area contributed by atoms with E-state index in [0.29, 0.717) is 23.9 Å². The van der Waals surface area contributed by atoms with Crippen molar-refractivity contribution in [2.75, 3.05) is 13.2 Å². The summed E-state index contributed by atoms with van der Waals surface area (Å²) in [5.41, 5.74) is 2.12. The van der Waals surface area contributed by atoms with Gasteiger partial charge in [-0.15, -0.1) is 0 Å². The van der Waals surface area contributed by atoms with Gasteiger partial charge >= 0.3 is 0 Å². The second kappa shape index (κ2) is 6.83. The van der Waals surface area contributed by atoms with E-state index in [1.165, 1.54) is 0 Å². The molecule has 1 atom stereocenters. The van der Waals surface area contributed by atoms with Crippen molar-refractivity contribution in [3.63, 3.8) is 0 Å². The van der Waals surface area contributed by atoms with Crippen LogP contribution in [0, 0.1) is 0 Å². The smallest absolute Gasteiger partial charge is 0.139 e. The lowest BCUT2D eigenvalue weighted by Gasteiger charge is -2.14. The summed E-state index contributed by atoms with van der Waals surface area (Å²) in [6.45, 7) is 2.05. The van der Waals surface area contributed by atoms with E-state index in [2.05, 4.69) is 10.6 Å². The fraction of sp³-hybridized carbons (Fsp3) is 0.316. The normalized spacial score (nSPS) is 17.5. The van der Waals surface area contributed by atoms with Gasteiger partial charge < -0.3 is 14.0 Å². The Morgan fingerprint density at radius 2 is 2.00 bits per heavy atom. The Hall–Kier alpha value is -2.04. The average molecular weight is 343 g/mol. The van der Waals surface area contributed by atoms with E-state index in [9.17, 15) is 0 Å². The number of benzene rings is 2. The van der Waals surface area contributed by atoms with Gasteiger partial charge in [-0.3, -0.25) is 0 Å². The molecule has 1 fully saturated rings. The van der Waals surface area contributed by atoms with Crippen LogP contribution >= 0.6 is 11.6 Å². The molecule has 1 aromatic heterocycles. The zero-order chi connectivity index (χ0) is 16.4. The van der Waals surface area contributed by atoms with Gasteiger partial charge in [0, 0.05) is 6.61 Å². The monoisotopic (exact) mass is 342 g/mol. The molecule has 1 saturated heterocycles. The average Bonchev–Trinajstić information content (AvgIpc) is 3.24. The maximum atomic E-state index is 6.15. The Morgan fingerprint density at radius 1 is 1.17 bits per heavy atom. The molecule has 4 nitrogen and oxygen atoms in total. The number of imidazole rings is 1. The van der Waals surface area contributed by atoms with Crippen molar-refractivity contribution in [1.82, 2.24) is 9.55 Å². The lowest BCUT2D eigenvalue weighted by Crippen LogP contribution is -2.13. The molecule has 5 heteroatoms. The summed E-state index contributed by atoms with van der Waals surface area (Å²) in [6, 6.07) is 15.7. The van der Waals surface area contributed by atoms with Crippen molar-refractivity contribution in [3.8, 4) is 5.75 Å². The van der Waals surface area contributed by atoms with E-state index >= 15 is 0 Å². The van der Waals surface area contributed by atoms with Gasteiger partial charge in [0.25, 0.3) is 0 Å². The predicted octanol–water partition coefficient (Wildman–Crippen LogP) is 4.62. The lowest BCUT2D eigenvalue weighted by molar-refractivity contribution is 0.101. The summed E-state index contributed by atoms with van der Waals surface area (Å²) in [7, 11) is 0. The molecule has 0 saturated carbocycles. The van der Waals surface area contributed by atoms with Gasteiger partial charge in [0.15, 0.2) is 0 Å². The van der Waals surface area contributed by atoms with Crippen molar-refractivity contribution < 1.29 is 9.47 Å². The first kappa shape index (κ1) is 15.5. The van der Waals surface area contributed by atoms with Crippen LogP contribution < -0.4 is 4.74 Å². The molecule has 1 aliphatic rings. The standard InChI is InChI=1S/C19H19ClN2O2/c20-14-6-1-4-9-17(14)24-13-11-22-16-8-3-2-7-15(16)21-19(22)18-10-5-12-23-18/h1-4,6-9,18H,5,10-13H2/t18-/m1/s1. The van der Waals surface area contributed by atoms with Gasteiger partial charge in [0.1, 0.15) is 24.3 Å². The number of hydrogen-bond acceptors (Lipinski definition) is 3. The van der Waals surface area contributed by atoms with Gasteiger partial charge in [-0.2, -0.15) is 0 Å². The molecule has 0 bridgehead atoms. The number of para-hydroxylation sites is 3. The summed E-state index contributed by atoms with van der Waals surface area (Å²) < 4.78 is 13.9. The predicted molar refractivity (Wildman–Crippen MR) is 94.6 cm³/mol. The van der Waals surface area contributed by atoms with Crippen LogP contribution in [0.1, 0.15) is 24.8 Å². The number of rotatable bonds is 5. The van der Waals surface area contributed by atoms with Gasteiger partial charge in [0.05, 0.1) is 22.6 Å². The highest BCUT2D eigenvalue weighted by molar-refractivity contribution is 6.32. The van der Waals surface area contributed by atoms with Gasteiger partial charge in [-0.25, -0.2) is 4.98 Å². The van der Waals surface area contributed by atoms with E-state index in [0.717, 1.165) is 36.3 Å². The molecule has 0 aliphatic carbocycles. The Bertz CT molecular complexity index is 840. The third kappa shape index (κ3) is 2.99. The molecule has 0 N–H and O–H groups in total. The van der Waals surface area contributed by atoms with E-state index < -0.39 is 0 Å². The second-order valence-corrected chi connectivity index (χ2v) is 6.30. The largest absolute Gasteiger partial charge is 0.490 e. The zero-order valence-electron chi connectivity index (χ0n) is 13.3. The first-order chi connectivity index (χ1) is 11.8. The lowest BCUT2D eigenvalue weighted by atomic mass is 10.2. The first-order valence-corrected chi connectivity index (χ1v) is 8.65. The maximum Gasteiger partial charge on any atom is 0.139 e. The minimum absolute atomic E-state index is 0.0812. The second-order valence-electron chi connectivity index (χ2n) is 5.89. The summed E-state index contributed by atoms with van der Waals surface area (Å²) in [5.74, 6) is 1.71. The topological polar surface area (TPSA) is 36.3 Å². The van der Waals surface area contributed by atoms with Crippen LogP contribution in [0.3, 0.4) is 0 Å². The van der Waals surface area contributed by atoms with Crippen LogP contribution in [0.25, 0.3) is 11.0 Å². The molecule has 124 valence electrons. The number of aromatic nitrogens is 2. The summed E-state index contributed by atoms with van der Waals surface area (Å²) in [4.78, 5) is 4.79. The van der Waals surface area contributed by atoms with Crippen LogP contribution in [0.4, 0.5) is 0 Å². The van der Waals surface area contributed by atoms with E-state index in [1.54, 1.807) is 0 Å². The maximum absolute atomic E-state index is 6.15. The van der Waals surface area contributed by atoms with Gasteiger partial charge in [-0.1, -0.05) is 35.9 Å². The quantitative estimate of drug-likeness (QED) is 0.678. The Morgan fingerprint density at radius 3 is 2.83 bits per heavy atom. The highest BCUT2D eigenvalue weighted by atomic mass is 35.5. The van der Waals surface area contributed by atoms with Crippen LogP contribution in [0.2, 0.25) is 5.02 Å². The van der Waals surface area contributed by atoms with E-state index in [4.69, 9.17) is 26.1 Å². The third-order valence-electron chi connectivity index (χ3n) is 4.31. The summed E-state index contributed by atoms with van der Waals surface area (Å²) >= 11 is 6.15. The fourth-order valence-corrected chi connectivity index (χ4v) is 3.36. The molecule has 2 heterocycles. The minimum atomic E-state index is 0.0812. The Kier molecular flexibility index (Phi) is 4.41. The van der Waals surface area contributed by atoms with Crippen molar-refractivity contribution in [1.29, 1.82) is 0 Å². The van der Waals surface area contributed by atoms with Crippen LogP contribution in [-0.2, 0) is 11.3 Å². The van der Waals surface area contributed by atoms with Crippen molar-refractivity contribution >= 4 is 22.6 Å². The first-order valence-electron chi connectivity index (χ1n) is 8.27. The van der Waals surface area contributed by atoms with Crippen molar-refractivity contribution in [3.05, 3.63) is 59.4 Å². The van der Waals surface area contributed by atoms with Crippen LogP contribution in [0.5, 0.6) is 5.75 Å². The molecule has 24 heavy (non-hydrogen) atoms. The molecule has 1 aliphatic heterocycles. The van der Waals surface area contributed by atoms with Crippen LogP contribution in [0.15, 0.2) is 48.5 Å². The summed E-state index contributed by atoms with van der Waals surface area (Å²) in [5, 5.41) is 0.632. The van der Waals surface area contributed by atoms with Gasteiger partial charge in [0.2, 0.25) is 0 Å². The highest BCUT2D eigenvalue weighted by Crippen LogP contribution is 2.30. The highest BCUT2D eigenvalue weighted by Gasteiger charge is 2.24. The number of hydrogen-bond donors (Lipinski definition) is 0. The molecule has 0 amide bonds. The molecular weight excluding hydrogens is 324 g/mol. The molecule has 0 unspecified atom stereocenters. The third-order valence-corrected chi connectivity index (χ3v) is 4.62. The molecule has 0 spiro atoms.